The Bertz CT molecular complexity index is 1140. The predicted molar refractivity (Wildman–Crippen MR) is 116 cm³/mol. The van der Waals surface area contributed by atoms with E-state index in [0.29, 0.717) is 33.3 Å². The summed E-state index contributed by atoms with van der Waals surface area (Å²) >= 11 is 7.16. The fourth-order valence-electron chi connectivity index (χ4n) is 3.69. The quantitative estimate of drug-likeness (QED) is 0.562. The molecule has 3 aromatic rings. The van der Waals surface area contributed by atoms with E-state index in [9.17, 15) is 14.7 Å². The molecule has 0 unspecified atom stereocenters. The van der Waals surface area contributed by atoms with Crippen molar-refractivity contribution in [2.75, 3.05) is 19.5 Å². The van der Waals surface area contributed by atoms with Gasteiger partial charge in [0, 0.05) is 33.4 Å². The van der Waals surface area contributed by atoms with Gasteiger partial charge in [0.1, 0.15) is 16.4 Å². The fourth-order valence-corrected chi connectivity index (χ4v) is 5.06. The zero-order valence-corrected chi connectivity index (χ0v) is 17.8. The van der Waals surface area contributed by atoms with Crippen molar-refractivity contribution in [2.24, 2.45) is 0 Å². The molecule has 4 rings (SSSR count). The van der Waals surface area contributed by atoms with Gasteiger partial charge in [0.25, 0.3) is 0 Å². The van der Waals surface area contributed by atoms with E-state index in [2.05, 4.69) is 5.32 Å². The molecule has 1 amide bonds. The van der Waals surface area contributed by atoms with Crippen LogP contribution in [0.25, 0.3) is 11.1 Å². The molecule has 0 spiro atoms. The number of benzene rings is 2. The number of carbonyl (C=O) groups excluding carboxylic acids is 1. The lowest BCUT2D eigenvalue weighted by atomic mass is 9.88. The van der Waals surface area contributed by atoms with Crippen molar-refractivity contribution in [1.82, 2.24) is 0 Å². The summed E-state index contributed by atoms with van der Waals surface area (Å²) in [5, 5.41) is 13.3. The fraction of sp³-hybridized carbons (Fsp3) is 0.182. The lowest BCUT2D eigenvalue weighted by Crippen LogP contribution is -2.22. The summed E-state index contributed by atoms with van der Waals surface area (Å²) in [6, 6.07) is 12.3. The van der Waals surface area contributed by atoms with Crippen LogP contribution in [-0.2, 0) is 4.79 Å². The van der Waals surface area contributed by atoms with Gasteiger partial charge in [0.05, 0.1) is 19.9 Å². The molecule has 0 radical (unpaired) electrons. The van der Waals surface area contributed by atoms with Crippen molar-refractivity contribution in [3.05, 3.63) is 62.8 Å². The Kier molecular flexibility index (Phi) is 5.40. The van der Waals surface area contributed by atoms with E-state index < -0.39 is 5.97 Å². The number of halogens is 1. The van der Waals surface area contributed by atoms with E-state index in [1.807, 2.05) is 6.07 Å². The highest BCUT2D eigenvalue weighted by Gasteiger charge is 2.35. The summed E-state index contributed by atoms with van der Waals surface area (Å²) in [6.07, 6.45) is 0.177. The van der Waals surface area contributed by atoms with Crippen molar-refractivity contribution < 1.29 is 24.2 Å². The molecule has 2 aromatic carbocycles. The van der Waals surface area contributed by atoms with Crippen LogP contribution in [0.15, 0.2) is 42.5 Å². The first kappa shape index (κ1) is 20.3. The van der Waals surface area contributed by atoms with E-state index in [-0.39, 0.29) is 23.1 Å². The van der Waals surface area contributed by atoms with Gasteiger partial charge in [-0.05, 0) is 35.9 Å². The maximum absolute atomic E-state index is 12.6. The van der Waals surface area contributed by atoms with Crippen molar-refractivity contribution in [1.29, 1.82) is 0 Å². The topological polar surface area (TPSA) is 84.9 Å². The minimum absolute atomic E-state index is 0.163. The Morgan fingerprint density at radius 2 is 1.90 bits per heavy atom. The summed E-state index contributed by atoms with van der Waals surface area (Å²) in [5.74, 6) is -0.360. The number of hydrogen-bond donors (Lipinski definition) is 2. The molecule has 0 saturated carbocycles. The Labute approximate surface area is 182 Å². The molecule has 154 valence electrons. The van der Waals surface area contributed by atoms with Crippen molar-refractivity contribution in [3.8, 4) is 22.6 Å². The van der Waals surface area contributed by atoms with E-state index >= 15 is 0 Å². The van der Waals surface area contributed by atoms with Crippen LogP contribution in [0.4, 0.5) is 5.69 Å². The molecule has 1 aromatic heterocycles. The van der Waals surface area contributed by atoms with Crippen LogP contribution in [0.1, 0.15) is 32.5 Å². The lowest BCUT2D eigenvalue weighted by molar-refractivity contribution is -0.116. The first-order valence-corrected chi connectivity index (χ1v) is 10.3. The number of fused-ring (bicyclic) bond motifs is 1. The minimum atomic E-state index is -1.05. The van der Waals surface area contributed by atoms with Gasteiger partial charge in [0.2, 0.25) is 5.91 Å². The van der Waals surface area contributed by atoms with Gasteiger partial charge >= 0.3 is 5.97 Å². The van der Waals surface area contributed by atoms with Crippen LogP contribution in [0, 0.1) is 0 Å². The zero-order valence-electron chi connectivity index (χ0n) is 16.2. The molecular weight excluding hydrogens is 426 g/mol. The van der Waals surface area contributed by atoms with E-state index in [1.165, 1.54) is 0 Å². The van der Waals surface area contributed by atoms with Gasteiger partial charge in [-0.25, -0.2) is 4.79 Å². The molecular formula is C22H18ClNO5S. The molecule has 0 aliphatic carbocycles. The average Bonchev–Trinajstić information content (AvgIpc) is 3.13. The summed E-state index contributed by atoms with van der Waals surface area (Å²) in [7, 11) is 3.13. The largest absolute Gasteiger partial charge is 0.497 e. The number of amides is 1. The van der Waals surface area contributed by atoms with E-state index in [1.54, 1.807) is 50.6 Å². The van der Waals surface area contributed by atoms with Crippen LogP contribution in [0.5, 0.6) is 11.5 Å². The number of nitrogens with one attached hydrogen (secondary N) is 1. The summed E-state index contributed by atoms with van der Waals surface area (Å²) in [4.78, 5) is 25.6. The SMILES string of the molecule is COc1ccc(OC)c([C@H]2CC(=O)Nc3c2sc(C(=O)O)c3-c2ccc(Cl)cc2)c1. The molecule has 0 saturated heterocycles. The second-order valence-electron chi connectivity index (χ2n) is 6.77. The predicted octanol–water partition coefficient (Wildman–Crippen LogP) is 5.26. The van der Waals surface area contributed by atoms with Crippen LogP contribution in [0.3, 0.4) is 0 Å². The second-order valence-corrected chi connectivity index (χ2v) is 8.26. The van der Waals surface area contributed by atoms with Crippen molar-refractivity contribution in [2.45, 2.75) is 12.3 Å². The number of thiophene rings is 1. The Morgan fingerprint density at radius 3 is 2.53 bits per heavy atom. The molecule has 2 heterocycles. The number of rotatable bonds is 5. The molecule has 6 nitrogen and oxygen atoms in total. The monoisotopic (exact) mass is 443 g/mol. The zero-order chi connectivity index (χ0) is 21.4. The summed E-state index contributed by atoms with van der Waals surface area (Å²) in [6.45, 7) is 0. The van der Waals surface area contributed by atoms with Gasteiger partial charge in [-0.2, -0.15) is 0 Å². The van der Waals surface area contributed by atoms with E-state index in [4.69, 9.17) is 21.1 Å². The maximum Gasteiger partial charge on any atom is 0.346 e. The summed E-state index contributed by atoms with van der Waals surface area (Å²) < 4.78 is 10.9. The first-order valence-electron chi connectivity index (χ1n) is 9.10. The smallest absolute Gasteiger partial charge is 0.346 e. The van der Waals surface area contributed by atoms with Gasteiger partial charge in [-0.15, -0.1) is 11.3 Å². The molecule has 30 heavy (non-hydrogen) atoms. The van der Waals surface area contributed by atoms with Crippen molar-refractivity contribution in [3.63, 3.8) is 0 Å². The van der Waals surface area contributed by atoms with Gasteiger partial charge in [-0.1, -0.05) is 23.7 Å². The number of ether oxygens (including phenoxy) is 2. The highest BCUT2D eigenvalue weighted by Crippen LogP contribution is 2.51. The number of hydrogen-bond acceptors (Lipinski definition) is 5. The number of carbonyl (C=O) groups is 2. The number of methoxy groups -OCH3 is 2. The number of aromatic carboxylic acids is 1. The van der Waals surface area contributed by atoms with Crippen LogP contribution < -0.4 is 14.8 Å². The standard InChI is InChI=1S/C22H18ClNO5S/c1-28-13-7-8-16(29-2)14(9-13)15-10-17(25)24-19-18(11-3-5-12(23)6-4-11)21(22(26)27)30-20(15)19/h3-9,15H,10H2,1-2H3,(H,24,25)(H,26,27)/t15-/m1/s1. The van der Waals surface area contributed by atoms with Crippen molar-refractivity contribution >= 4 is 40.5 Å². The average molecular weight is 444 g/mol. The Hall–Kier alpha value is -3.03. The molecule has 8 heteroatoms. The molecule has 1 atom stereocenters. The maximum atomic E-state index is 12.6. The Morgan fingerprint density at radius 1 is 1.17 bits per heavy atom. The first-order chi connectivity index (χ1) is 14.4. The van der Waals surface area contributed by atoms with Gasteiger partial charge < -0.3 is 19.9 Å². The van der Waals surface area contributed by atoms with Gasteiger partial charge in [-0.3, -0.25) is 4.79 Å². The molecule has 0 fully saturated rings. The second kappa shape index (κ2) is 8.01. The highest BCUT2D eigenvalue weighted by atomic mass is 35.5. The molecule has 1 aliphatic heterocycles. The number of carboxylic acid groups (broad SMARTS) is 1. The number of carboxylic acids is 1. The third-order valence-electron chi connectivity index (χ3n) is 5.05. The highest BCUT2D eigenvalue weighted by molar-refractivity contribution is 7.15. The third kappa shape index (κ3) is 3.51. The Balaban J connectivity index is 1.95. The normalized spacial score (nSPS) is 15.3. The molecule has 1 aliphatic rings. The minimum Gasteiger partial charge on any atom is -0.497 e. The lowest BCUT2D eigenvalue weighted by Gasteiger charge is -2.25. The number of anilines is 1. The van der Waals surface area contributed by atoms with Crippen LogP contribution in [-0.4, -0.2) is 31.2 Å². The summed E-state index contributed by atoms with van der Waals surface area (Å²) in [5.41, 5.74) is 2.45. The van der Waals surface area contributed by atoms with Gasteiger partial charge in [0.15, 0.2) is 0 Å². The third-order valence-corrected chi connectivity index (χ3v) is 6.59. The van der Waals surface area contributed by atoms with Crippen LogP contribution in [0.2, 0.25) is 5.02 Å². The molecule has 2 N–H and O–H groups in total. The van der Waals surface area contributed by atoms with E-state index in [0.717, 1.165) is 21.8 Å². The van der Waals surface area contributed by atoms with Crippen LogP contribution >= 0.6 is 22.9 Å². The molecule has 0 bridgehead atoms.